The van der Waals surface area contributed by atoms with Gasteiger partial charge in [-0.2, -0.15) is 18.3 Å². The zero-order valence-electron chi connectivity index (χ0n) is 24.9. The van der Waals surface area contributed by atoms with E-state index >= 15 is 0 Å². The third-order valence-electron chi connectivity index (χ3n) is 7.17. The molecule has 2 N–H and O–H groups in total. The first kappa shape index (κ1) is 30.8. The predicted octanol–water partition coefficient (Wildman–Crippen LogP) is 7.35. The Morgan fingerprint density at radius 2 is 1.75 bits per heavy atom. The molecule has 1 aliphatic rings. The number of carbonyl (C=O) groups excluding carboxylic acids is 2. The van der Waals surface area contributed by atoms with Gasteiger partial charge in [0, 0.05) is 24.9 Å². The Morgan fingerprint density at radius 3 is 2.41 bits per heavy atom. The van der Waals surface area contributed by atoms with Crippen molar-refractivity contribution in [3.05, 3.63) is 101 Å². The van der Waals surface area contributed by atoms with E-state index in [1.54, 1.807) is 68.0 Å². The number of carbonyl (C=O) groups is 2. The van der Waals surface area contributed by atoms with E-state index in [-0.39, 0.29) is 18.1 Å². The van der Waals surface area contributed by atoms with Gasteiger partial charge in [-0.15, -0.1) is 0 Å². The summed E-state index contributed by atoms with van der Waals surface area (Å²) in [6, 6.07) is 15.3. The molecule has 44 heavy (non-hydrogen) atoms. The molecule has 0 bridgehead atoms. The van der Waals surface area contributed by atoms with Crippen molar-refractivity contribution >= 4 is 12.0 Å². The van der Waals surface area contributed by atoms with Crippen LogP contribution in [0.5, 0.6) is 0 Å². The van der Waals surface area contributed by atoms with Crippen LogP contribution in [-0.2, 0) is 17.5 Å². The summed E-state index contributed by atoms with van der Waals surface area (Å²) in [6.07, 6.45) is 0.520. The van der Waals surface area contributed by atoms with E-state index in [1.807, 2.05) is 19.2 Å². The molecule has 0 spiro atoms. The molecule has 2 heterocycles. The van der Waals surface area contributed by atoms with Gasteiger partial charge in [0.15, 0.2) is 0 Å². The van der Waals surface area contributed by atoms with Crippen LogP contribution in [0.3, 0.4) is 0 Å². The number of aromatic nitrogens is 3. The van der Waals surface area contributed by atoms with Gasteiger partial charge in [0.2, 0.25) is 0 Å². The van der Waals surface area contributed by atoms with E-state index in [1.165, 1.54) is 6.07 Å². The normalized spacial score (nSPS) is 14.2. The number of nitrogens with zero attached hydrogens (tertiary/aromatic N) is 3. The minimum Gasteiger partial charge on any atom is -0.444 e. The van der Waals surface area contributed by atoms with E-state index in [0.29, 0.717) is 22.6 Å². The Morgan fingerprint density at radius 1 is 1.02 bits per heavy atom. The highest BCUT2D eigenvalue weighted by Crippen LogP contribution is 2.39. The van der Waals surface area contributed by atoms with E-state index in [9.17, 15) is 22.8 Å². The second-order valence-electron chi connectivity index (χ2n) is 11.9. The van der Waals surface area contributed by atoms with Gasteiger partial charge >= 0.3 is 12.3 Å². The number of hydrogen-bond acceptors (Lipinski definition) is 5. The molecule has 1 fully saturated rings. The first-order chi connectivity index (χ1) is 20.8. The average molecular weight is 606 g/mol. The van der Waals surface area contributed by atoms with E-state index in [4.69, 9.17) is 4.74 Å². The molecule has 2 amide bonds. The number of alkyl halides is 3. The molecule has 11 heteroatoms. The van der Waals surface area contributed by atoms with Crippen LogP contribution in [0.15, 0.2) is 73.1 Å². The molecule has 4 aromatic rings. The highest BCUT2D eigenvalue weighted by atomic mass is 19.4. The lowest BCUT2D eigenvalue weighted by atomic mass is 9.95. The first-order valence-electron chi connectivity index (χ1n) is 14.4. The molecule has 0 saturated heterocycles. The second-order valence-corrected chi connectivity index (χ2v) is 11.9. The molecule has 0 radical (unpaired) electrons. The average Bonchev–Trinajstić information content (AvgIpc) is 3.70. The summed E-state index contributed by atoms with van der Waals surface area (Å²) in [5.74, 6) is 0.147. The number of alkyl carbamates (subject to hydrolysis) is 1. The summed E-state index contributed by atoms with van der Waals surface area (Å²) in [5, 5.41) is 10.2. The van der Waals surface area contributed by atoms with Crippen molar-refractivity contribution in [3.8, 4) is 16.8 Å². The molecule has 0 unspecified atom stereocenters. The van der Waals surface area contributed by atoms with Crippen molar-refractivity contribution in [1.82, 2.24) is 25.4 Å². The fourth-order valence-corrected chi connectivity index (χ4v) is 4.73. The standard InChI is InChI=1S/C33H34F3N5O3/c1-20(39-30(42)29-18-26(13-15-37-29)41-16-14-28(40-41)23-9-10-23)21-5-7-22(8-6-21)27-17-25(33(34,35)36)12-11-24(27)19-38-31(43)44-32(2,3)4/h5-8,11-18,20,23H,9-10,19H2,1-4H3,(H,38,43)(H,39,42)/t20-/m1/s1. The fourth-order valence-electron chi connectivity index (χ4n) is 4.73. The van der Waals surface area contributed by atoms with E-state index in [0.717, 1.165) is 41.9 Å². The number of rotatable bonds is 8. The zero-order chi connectivity index (χ0) is 31.6. The van der Waals surface area contributed by atoms with Crippen LogP contribution in [0.1, 0.15) is 85.4 Å². The summed E-state index contributed by atoms with van der Waals surface area (Å²) in [6.45, 7) is 6.95. The van der Waals surface area contributed by atoms with Crippen molar-refractivity contribution in [3.63, 3.8) is 0 Å². The molecule has 1 atom stereocenters. The number of hydrogen-bond donors (Lipinski definition) is 2. The van der Waals surface area contributed by atoms with E-state index in [2.05, 4.69) is 20.7 Å². The van der Waals surface area contributed by atoms with Gasteiger partial charge in [0.1, 0.15) is 11.3 Å². The lowest BCUT2D eigenvalue weighted by Gasteiger charge is -2.20. The van der Waals surface area contributed by atoms with Gasteiger partial charge in [-0.1, -0.05) is 30.3 Å². The van der Waals surface area contributed by atoms with E-state index < -0.39 is 29.5 Å². The number of pyridine rings is 1. The maximum absolute atomic E-state index is 13.6. The molecule has 1 saturated carbocycles. The van der Waals surface area contributed by atoms with Crippen molar-refractivity contribution in [2.75, 3.05) is 0 Å². The summed E-state index contributed by atoms with van der Waals surface area (Å²) in [4.78, 5) is 29.5. The minimum absolute atomic E-state index is 0.0247. The maximum atomic E-state index is 13.6. The monoisotopic (exact) mass is 605 g/mol. The van der Waals surface area contributed by atoms with Crippen LogP contribution in [0.25, 0.3) is 16.8 Å². The van der Waals surface area contributed by atoms with Crippen molar-refractivity contribution < 1.29 is 27.5 Å². The molecule has 0 aliphatic heterocycles. The molecule has 5 rings (SSSR count). The van der Waals surface area contributed by atoms with Gasteiger partial charge in [0.25, 0.3) is 5.91 Å². The number of benzene rings is 2. The maximum Gasteiger partial charge on any atom is 0.416 e. The topological polar surface area (TPSA) is 98.1 Å². The second kappa shape index (κ2) is 12.1. The van der Waals surface area contributed by atoms with Crippen LogP contribution >= 0.6 is 0 Å². The van der Waals surface area contributed by atoms with Gasteiger partial charge in [-0.3, -0.25) is 9.78 Å². The third kappa shape index (κ3) is 7.64. The Hall–Kier alpha value is -4.67. The van der Waals surface area contributed by atoms with Crippen molar-refractivity contribution in [1.29, 1.82) is 0 Å². The Labute approximate surface area is 253 Å². The molecule has 2 aromatic heterocycles. The lowest BCUT2D eigenvalue weighted by molar-refractivity contribution is -0.137. The highest BCUT2D eigenvalue weighted by molar-refractivity contribution is 5.93. The van der Waals surface area contributed by atoms with Crippen LogP contribution in [0.2, 0.25) is 0 Å². The van der Waals surface area contributed by atoms with Crippen molar-refractivity contribution in [2.45, 2.75) is 70.8 Å². The van der Waals surface area contributed by atoms with Crippen LogP contribution in [-0.4, -0.2) is 32.4 Å². The summed E-state index contributed by atoms with van der Waals surface area (Å²) >= 11 is 0. The van der Waals surface area contributed by atoms with Crippen molar-refractivity contribution in [2.24, 2.45) is 0 Å². The SMILES string of the molecule is C[C@@H](NC(=O)c1cc(-n2ccc(C3CC3)n2)ccn1)c1ccc(-c2cc(C(F)(F)F)ccc2CNC(=O)OC(C)(C)C)cc1. The Kier molecular flexibility index (Phi) is 8.49. The number of ether oxygens (including phenoxy) is 1. The summed E-state index contributed by atoms with van der Waals surface area (Å²) in [7, 11) is 0. The largest absolute Gasteiger partial charge is 0.444 e. The lowest BCUT2D eigenvalue weighted by Crippen LogP contribution is -2.32. The number of amides is 2. The molecule has 2 aromatic carbocycles. The predicted molar refractivity (Wildman–Crippen MR) is 159 cm³/mol. The Bertz CT molecular complexity index is 1650. The minimum atomic E-state index is -4.53. The van der Waals surface area contributed by atoms with Crippen LogP contribution in [0, 0.1) is 0 Å². The first-order valence-corrected chi connectivity index (χ1v) is 14.4. The van der Waals surface area contributed by atoms with Gasteiger partial charge in [-0.05, 0) is 93.1 Å². The molecule has 230 valence electrons. The molecule has 8 nitrogen and oxygen atoms in total. The number of nitrogens with one attached hydrogen (secondary N) is 2. The molecular weight excluding hydrogens is 571 g/mol. The highest BCUT2D eigenvalue weighted by Gasteiger charge is 2.31. The quantitative estimate of drug-likeness (QED) is 0.219. The number of halogens is 3. The summed E-state index contributed by atoms with van der Waals surface area (Å²) in [5.41, 5.74) is 2.58. The zero-order valence-corrected chi connectivity index (χ0v) is 24.9. The third-order valence-corrected chi connectivity index (χ3v) is 7.17. The van der Waals surface area contributed by atoms with Crippen LogP contribution in [0.4, 0.5) is 18.0 Å². The van der Waals surface area contributed by atoms with Crippen LogP contribution < -0.4 is 10.6 Å². The van der Waals surface area contributed by atoms with Gasteiger partial charge in [-0.25, -0.2) is 9.48 Å². The summed E-state index contributed by atoms with van der Waals surface area (Å²) < 4.78 is 47.7. The fraction of sp³-hybridized carbons (Fsp3) is 0.333. The molecule has 1 aliphatic carbocycles. The van der Waals surface area contributed by atoms with Gasteiger partial charge < -0.3 is 15.4 Å². The molecular formula is C33H34F3N5O3. The Balaban J connectivity index is 1.30. The van der Waals surface area contributed by atoms with Gasteiger partial charge in [0.05, 0.1) is 23.0 Å². The smallest absolute Gasteiger partial charge is 0.416 e.